The van der Waals surface area contributed by atoms with Crippen LogP contribution in [0.15, 0.2) is 0 Å². The zero-order valence-electron chi connectivity index (χ0n) is 13.1. The molecule has 0 spiro atoms. The van der Waals surface area contributed by atoms with E-state index in [0.717, 1.165) is 19.6 Å². The van der Waals surface area contributed by atoms with Crippen molar-refractivity contribution in [2.24, 2.45) is 0 Å². The smallest absolute Gasteiger partial charge is 0.253 e. The van der Waals surface area contributed by atoms with Crippen LogP contribution < -0.4 is 5.32 Å². The first-order valence-corrected chi connectivity index (χ1v) is 8.35. The average molecular weight is 310 g/mol. The third kappa shape index (κ3) is 3.77. The van der Waals surface area contributed by atoms with Gasteiger partial charge in [0.05, 0.1) is 13.2 Å². The Morgan fingerprint density at radius 1 is 1.00 bits per heavy atom. The van der Waals surface area contributed by atoms with E-state index in [1.807, 2.05) is 9.80 Å². The Kier molecular flexibility index (Phi) is 5.28. The molecular formula is C15H26N4O3. The molecule has 22 heavy (non-hydrogen) atoms. The van der Waals surface area contributed by atoms with Crippen LogP contribution in [-0.2, 0) is 14.3 Å². The largest absolute Gasteiger partial charge is 0.366 e. The summed E-state index contributed by atoms with van der Waals surface area (Å²) in [6.07, 6.45) is 2.04. The highest BCUT2D eigenvalue weighted by atomic mass is 16.5. The number of ether oxygens (including phenoxy) is 1. The van der Waals surface area contributed by atoms with Gasteiger partial charge in [-0.15, -0.1) is 0 Å². The van der Waals surface area contributed by atoms with Crippen LogP contribution >= 0.6 is 0 Å². The molecule has 1 N–H and O–H groups in total. The number of morpholine rings is 1. The fourth-order valence-electron chi connectivity index (χ4n) is 3.34. The second-order valence-electron chi connectivity index (χ2n) is 6.25. The van der Waals surface area contributed by atoms with Crippen molar-refractivity contribution < 1.29 is 14.3 Å². The molecule has 0 aromatic rings. The Hall–Kier alpha value is -1.18. The summed E-state index contributed by atoms with van der Waals surface area (Å²) in [4.78, 5) is 30.6. The van der Waals surface area contributed by atoms with Crippen LogP contribution in [0.4, 0.5) is 0 Å². The topological polar surface area (TPSA) is 65.1 Å². The lowest BCUT2D eigenvalue weighted by Gasteiger charge is -2.37. The van der Waals surface area contributed by atoms with Gasteiger partial charge in [0, 0.05) is 39.3 Å². The third-order valence-electron chi connectivity index (χ3n) is 4.70. The molecule has 7 nitrogen and oxygen atoms in total. The minimum atomic E-state index is -0.361. The molecule has 3 aliphatic rings. The van der Waals surface area contributed by atoms with Crippen molar-refractivity contribution in [3.63, 3.8) is 0 Å². The van der Waals surface area contributed by atoms with Gasteiger partial charge in [-0.2, -0.15) is 0 Å². The number of carbonyl (C=O) groups excluding carboxylic acids is 2. The Labute approximate surface area is 131 Å². The number of nitrogens with one attached hydrogen (secondary N) is 1. The minimum Gasteiger partial charge on any atom is -0.366 e. The summed E-state index contributed by atoms with van der Waals surface area (Å²) in [5.41, 5.74) is 0. The SMILES string of the molecule is O=C(CN1CCCC1)N1CCN(C(=O)C2CNCCO2)CC1. The highest BCUT2D eigenvalue weighted by molar-refractivity contribution is 5.82. The van der Waals surface area contributed by atoms with Gasteiger partial charge in [-0.1, -0.05) is 0 Å². The van der Waals surface area contributed by atoms with Crippen LogP contribution in [-0.4, -0.2) is 98.1 Å². The molecule has 0 aromatic carbocycles. The van der Waals surface area contributed by atoms with Crippen LogP contribution in [0.5, 0.6) is 0 Å². The van der Waals surface area contributed by atoms with E-state index in [1.165, 1.54) is 12.8 Å². The Bertz CT molecular complexity index is 398. The number of rotatable bonds is 3. The molecule has 7 heteroatoms. The summed E-state index contributed by atoms with van der Waals surface area (Å²) >= 11 is 0. The highest BCUT2D eigenvalue weighted by Crippen LogP contribution is 2.10. The fourth-order valence-corrected chi connectivity index (χ4v) is 3.34. The van der Waals surface area contributed by atoms with Gasteiger partial charge < -0.3 is 19.9 Å². The highest BCUT2D eigenvalue weighted by Gasteiger charge is 2.30. The summed E-state index contributed by atoms with van der Waals surface area (Å²) in [5.74, 6) is 0.253. The molecule has 1 atom stereocenters. The number of piperazine rings is 1. The first kappa shape index (κ1) is 15.7. The first-order chi connectivity index (χ1) is 10.7. The lowest BCUT2D eigenvalue weighted by atomic mass is 10.2. The van der Waals surface area contributed by atoms with Crippen LogP contribution in [0.2, 0.25) is 0 Å². The molecule has 3 heterocycles. The van der Waals surface area contributed by atoms with Crippen molar-refractivity contribution in [2.75, 3.05) is 65.5 Å². The summed E-state index contributed by atoms with van der Waals surface area (Å²) in [6, 6.07) is 0. The van der Waals surface area contributed by atoms with E-state index in [4.69, 9.17) is 4.74 Å². The lowest BCUT2D eigenvalue weighted by molar-refractivity contribution is -0.149. The third-order valence-corrected chi connectivity index (χ3v) is 4.70. The van der Waals surface area contributed by atoms with Crippen LogP contribution in [0.25, 0.3) is 0 Å². The Balaban J connectivity index is 1.43. The maximum Gasteiger partial charge on any atom is 0.253 e. The van der Waals surface area contributed by atoms with Gasteiger partial charge in [0.15, 0.2) is 0 Å². The molecule has 3 aliphatic heterocycles. The maximum atomic E-state index is 12.4. The van der Waals surface area contributed by atoms with E-state index < -0.39 is 0 Å². The molecule has 0 radical (unpaired) electrons. The number of amides is 2. The van der Waals surface area contributed by atoms with Gasteiger partial charge in [0.25, 0.3) is 5.91 Å². The van der Waals surface area contributed by atoms with E-state index in [1.54, 1.807) is 0 Å². The standard InChI is InChI=1S/C15H26N4O3/c20-14(12-17-4-1-2-5-17)18-6-8-19(9-7-18)15(21)13-11-16-3-10-22-13/h13,16H,1-12H2. The molecule has 0 saturated carbocycles. The number of carbonyl (C=O) groups is 2. The zero-order chi connectivity index (χ0) is 15.4. The molecule has 0 aliphatic carbocycles. The predicted octanol–water partition coefficient (Wildman–Crippen LogP) is -1.26. The number of likely N-dealkylation sites (tertiary alicyclic amines) is 1. The first-order valence-electron chi connectivity index (χ1n) is 8.35. The minimum absolute atomic E-state index is 0.0545. The quantitative estimate of drug-likeness (QED) is 0.705. The summed E-state index contributed by atoms with van der Waals surface area (Å²) in [6.45, 7) is 7.10. The molecule has 0 aromatic heterocycles. The van der Waals surface area contributed by atoms with Crippen molar-refractivity contribution >= 4 is 11.8 Å². The summed E-state index contributed by atoms with van der Waals surface area (Å²) in [7, 11) is 0. The molecule has 1 unspecified atom stereocenters. The molecule has 3 saturated heterocycles. The van der Waals surface area contributed by atoms with Crippen LogP contribution in [0.3, 0.4) is 0 Å². The van der Waals surface area contributed by atoms with Crippen molar-refractivity contribution in [1.29, 1.82) is 0 Å². The zero-order valence-corrected chi connectivity index (χ0v) is 13.1. The Morgan fingerprint density at radius 3 is 2.32 bits per heavy atom. The van der Waals surface area contributed by atoms with Gasteiger partial charge in [-0.05, 0) is 25.9 Å². The second-order valence-corrected chi connectivity index (χ2v) is 6.25. The van der Waals surface area contributed by atoms with Crippen LogP contribution in [0, 0.1) is 0 Å². The molecule has 2 amide bonds. The fraction of sp³-hybridized carbons (Fsp3) is 0.867. The van der Waals surface area contributed by atoms with E-state index in [0.29, 0.717) is 45.9 Å². The monoisotopic (exact) mass is 310 g/mol. The van der Waals surface area contributed by atoms with Gasteiger partial charge in [0.2, 0.25) is 5.91 Å². The van der Waals surface area contributed by atoms with Crippen molar-refractivity contribution in [3.05, 3.63) is 0 Å². The molecule has 3 fully saturated rings. The van der Waals surface area contributed by atoms with E-state index in [9.17, 15) is 9.59 Å². The predicted molar refractivity (Wildman–Crippen MR) is 81.4 cm³/mol. The maximum absolute atomic E-state index is 12.4. The van der Waals surface area contributed by atoms with Gasteiger partial charge >= 0.3 is 0 Å². The van der Waals surface area contributed by atoms with Crippen LogP contribution in [0.1, 0.15) is 12.8 Å². The number of hydrogen-bond donors (Lipinski definition) is 1. The van der Waals surface area contributed by atoms with Gasteiger partial charge in [-0.25, -0.2) is 0 Å². The van der Waals surface area contributed by atoms with Crippen molar-refractivity contribution in [3.8, 4) is 0 Å². The van der Waals surface area contributed by atoms with Gasteiger partial charge in [-0.3, -0.25) is 14.5 Å². The molecular weight excluding hydrogens is 284 g/mol. The van der Waals surface area contributed by atoms with E-state index >= 15 is 0 Å². The summed E-state index contributed by atoms with van der Waals surface area (Å²) in [5, 5.41) is 3.18. The van der Waals surface area contributed by atoms with Crippen molar-refractivity contribution in [1.82, 2.24) is 20.0 Å². The van der Waals surface area contributed by atoms with E-state index in [2.05, 4.69) is 10.2 Å². The lowest BCUT2D eigenvalue weighted by Crippen LogP contribution is -2.56. The molecule has 124 valence electrons. The Morgan fingerprint density at radius 2 is 1.68 bits per heavy atom. The summed E-state index contributed by atoms with van der Waals surface area (Å²) < 4.78 is 5.52. The molecule has 3 rings (SSSR count). The second kappa shape index (κ2) is 7.39. The number of nitrogens with zero attached hydrogens (tertiary/aromatic N) is 3. The normalized spacial score (nSPS) is 27.2. The van der Waals surface area contributed by atoms with E-state index in [-0.39, 0.29) is 17.9 Å². The van der Waals surface area contributed by atoms with Crippen molar-refractivity contribution in [2.45, 2.75) is 18.9 Å². The molecule has 0 bridgehead atoms. The average Bonchev–Trinajstić information content (AvgIpc) is 3.08. The van der Waals surface area contributed by atoms with Gasteiger partial charge in [0.1, 0.15) is 6.10 Å². The number of hydrogen-bond acceptors (Lipinski definition) is 5.